The number of benzene rings is 2. The Labute approximate surface area is 154 Å². The zero-order chi connectivity index (χ0) is 17.9. The Morgan fingerprint density at radius 1 is 1.16 bits per heavy atom. The predicted molar refractivity (Wildman–Crippen MR) is 99.8 cm³/mol. The summed E-state index contributed by atoms with van der Waals surface area (Å²) >= 11 is 0.145. The summed E-state index contributed by atoms with van der Waals surface area (Å²) in [4.78, 5) is 14.2. The molecule has 25 heavy (non-hydrogen) atoms. The number of hydrogen-bond donors (Lipinski definition) is 0. The quantitative estimate of drug-likeness (QED) is 0.157. The van der Waals surface area contributed by atoms with Gasteiger partial charge in [0.05, 0.1) is 0 Å². The van der Waals surface area contributed by atoms with Crippen molar-refractivity contribution in [1.29, 1.82) is 0 Å². The molecule has 2 aromatic carbocycles. The van der Waals surface area contributed by atoms with Crippen LogP contribution in [0, 0.1) is 0 Å². The van der Waals surface area contributed by atoms with E-state index in [1.165, 1.54) is 11.4 Å². The van der Waals surface area contributed by atoms with E-state index in [4.69, 9.17) is 10.3 Å². The Hall–Kier alpha value is -2.26. The third-order valence-corrected chi connectivity index (χ3v) is 6.45. The van der Waals surface area contributed by atoms with Gasteiger partial charge in [-0.1, -0.05) is 0 Å². The number of nitrogens with zero attached hydrogens (tertiary/aromatic N) is 3. The van der Waals surface area contributed by atoms with Crippen LogP contribution >= 0.6 is 0 Å². The van der Waals surface area contributed by atoms with Crippen molar-refractivity contribution in [1.82, 2.24) is 0 Å². The summed E-state index contributed by atoms with van der Waals surface area (Å²) in [5.74, 6) is -0.264. The van der Waals surface area contributed by atoms with E-state index in [0.717, 1.165) is 18.4 Å². The zero-order valence-electron chi connectivity index (χ0n) is 14.1. The second kappa shape index (κ2) is 10.6. The average molecular weight is 402 g/mol. The van der Waals surface area contributed by atoms with Gasteiger partial charge in [-0.15, -0.1) is 0 Å². The maximum absolute atomic E-state index is 11.0. The van der Waals surface area contributed by atoms with Gasteiger partial charge in [0.25, 0.3) is 0 Å². The van der Waals surface area contributed by atoms with E-state index >= 15 is 0 Å². The van der Waals surface area contributed by atoms with Crippen molar-refractivity contribution in [3.63, 3.8) is 0 Å². The number of carbonyl (C=O) groups excluding carboxylic acids is 1. The molecule has 0 aliphatic carbocycles. The van der Waals surface area contributed by atoms with Crippen LogP contribution in [0.1, 0.15) is 31.4 Å². The second-order valence-electron chi connectivity index (χ2n) is 5.51. The van der Waals surface area contributed by atoms with Crippen molar-refractivity contribution in [2.24, 2.45) is 5.11 Å². The third-order valence-electron chi connectivity index (χ3n) is 3.64. The minimum absolute atomic E-state index is 0.145. The summed E-state index contributed by atoms with van der Waals surface area (Å²) in [5.41, 5.74) is 10.1. The molecule has 2 atom stereocenters. The molecule has 6 heteroatoms. The van der Waals surface area contributed by atoms with Crippen molar-refractivity contribution in [2.45, 2.75) is 30.6 Å². The van der Waals surface area contributed by atoms with Crippen LogP contribution in [0.3, 0.4) is 0 Å². The molecule has 0 N–H and O–H groups in total. The van der Waals surface area contributed by atoms with Crippen molar-refractivity contribution in [3.8, 4) is 0 Å². The molecule has 0 aliphatic heterocycles. The molecule has 5 nitrogen and oxygen atoms in total. The molecule has 0 aliphatic rings. The van der Waals surface area contributed by atoms with Gasteiger partial charge < -0.3 is 0 Å². The Balaban J connectivity index is 2.17. The van der Waals surface area contributed by atoms with Gasteiger partial charge in [0.2, 0.25) is 0 Å². The monoisotopic (exact) mass is 403 g/mol. The van der Waals surface area contributed by atoms with Crippen LogP contribution < -0.4 is 4.46 Å². The first-order valence-corrected chi connectivity index (χ1v) is 9.99. The van der Waals surface area contributed by atoms with Crippen LogP contribution in [0.2, 0.25) is 4.82 Å². The first kappa shape index (κ1) is 19.1. The zero-order valence-corrected chi connectivity index (χ0v) is 15.8. The Kier molecular flexibility index (Phi) is 8.06. The molecule has 0 radical (unpaired) electrons. The van der Waals surface area contributed by atoms with Gasteiger partial charge in [-0.25, -0.2) is 0 Å². The van der Waals surface area contributed by atoms with Gasteiger partial charge in [-0.05, 0) is 0 Å². The van der Waals surface area contributed by atoms with Gasteiger partial charge in [-0.2, -0.15) is 0 Å². The molecule has 0 bridgehead atoms. The van der Waals surface area contributed by atoms with Crippen molar-refractivity contribution in [2.75, 3.05) is 6.61 Å². The summed E-state index contributed by atoms with van der Waals surface area (Å²) in [7, 11) is 0. The number of azide groups is 1. The number of carbonyl (C=O) groups is 1. The molecule has 0 spiro atoms. The standard InChI is InChI=1S/C19H21N3O2Se/c1-15(23)24-14-8-13-18(25-17-11-6-3-7-12-17)19(21-22-20)16-9-4-2-5-10-16/h2-7,9-12,18-19H,8,13-14H2,1H3/t18-,19+/m0/s1. The normalized spacial score (nSPS) is 12.7. The van der Waals surface area contributed by atoms with E-state index in [0.29, 0.717) is 6.61 Å². The van der Waals surface area contributed by atoms with Gasteiger partial charge in [0.1, 0.15) is 0 Å². The average Bonchev–Trinajstić information content (AvgIpc) is 2.64. The van der Waals surface area contributed by atoms with Crippen molar-refractivity contribution in [3.05, 3.63) is 76.7 Å². The second-order valence-corrected chi connectivity index (χ2v) is 8.27. The Bertz CT molecular complexity index is 703. The molecule has 2 aromatic rings. The van der Waals surface area contributed by atoms with Crippen LogP contribution in [0.4, 0.5) is 0 Å². The van der Waals surface area contributed by atoms with E-state index in [1.807, 2.05) is 48.5 Å². The SMILES string of the molecule is CC(=O)OCCC[C@H]([Se]c1ccccc1)[C@H](N=[N+]=[N-])c1ccccc1. The van der Waals surface area contributed by atoms with Gasteiger partial charge in [-0.3, -0.25) is 0 Å². The molecule has 0 aromatic heterocycles. The molecule has 130 valence electrons. The van der Waals surface area contributed by atoms with Gasteiger partial charge in [0, 0.05) is 0 Å². The molecule has 2 rings (SSSR count). The topological polar surface area (TPSA) is 75.1 Å². The number of esters is 1. The molecule has 0 unspecified atom stereocenters. The molecule has 0 amide bonds. The molecular formula is C19H21N3O2Se. The molecule has 0 saturated carbocycles. The number of ether oxygens (including phenoxy) is 1. The van der Waals surface area contributed by atoms with E-state index in [1.54, 1.807) is 0 Å². The van der Waals surface area contributed by atoms with Crippen molar-refractivity contribution < 1.29 is 9.53 Å². The minimum atomic E-state index is -0.264. The fourth-order valence-electron chi connectivity index (χ4n) is 2.52. The molecule has 0 fully saturated rings. The first-order valence-electron chi connectivity index (χ1n) is 8.15. The fraction of sp³-hybridized carbons (Fsp3) is 0.316. The molecular weight excluding hydrogens is 381 g/mol. The molecule has 0 heterocycles. The van der Waals surface area contributed by atoms with E-state index < -0.39 is 0 Å². The van der Waals surface area contributed by atoms with E-state index in [2.05, 4.69) is 22.2 Å². The Morgan fingerprint density at radius 2 is 1.80 bits per heavy atom. The molecule has 0 saturated heterocycles. The Morgan fingerprint density at radius 3 is 2.40 bits per heavy atom. The fourth-order valence-corrected chi connectivity index (χ4v) is 5.22. The van der Waals surface area contributed by atoms with E-state index in [9.17, 15) is 4.79 Å². The van der Waals surface area contributed by atoms with Crippen LogP contribution in [0.15, 0.2) is 65.8 Å². The number of hydrogen-bond acceptors (Lipinski definition) is 3. The van der Waals surface area contributed by atoms with Crippen molar-refractivity contribution >= 4 is 25.4 Å². The van der Waals surface area contributed by atoms with E-state index in [-0.39, 0.29) is 31.8 Å². The summed E-state index contributed by atoms with van der Waals surface area (Å²) in [6.45, 7) is 1.81. The van der Waals surface area contributed by atoms with Crippen LogP contribution in [-0.2, 0) is 9.53 Å². The third kappa shape index (κ3) is 6.63. The predicted octanol–water partition coefficient (Wildman–Crippen LogP) is 4.20. The maximum atomic E-state index is 11.0. The van der Waals surface area contributed by atoms with Gasteiger partial charge >= 0.3 is 154 Å². The first-order chi connectivity index (χ1) is 12.2. The number of rotatable bonds is 9. The summed E-state index contributed by atoms with van der Waals surface area (Å²) in [5, 5.41) is 4.09. The summed E-state index contributed by atoms with van der Waals surface area (Å²) in [6.07, 6.45) is 1.59. The van der Waals surface area contributed by atoms with Crippen LogP contribution in [-0.4, -0.2) is 27.5 Å². The summed E-state index contributed by atoms with van der Waals surface area (Å²) < 4.78 is 6.32. The van der Waals surface area contributed by atoms with Crippen LogP contribution in [0.25, 0.3) is 10.4 Å². The summed E-state index contributed by atoms with van der Waals surface area (Å²) in [6, 6.07) is 19.9. The van der Waals surface area contributed by atoms with Crippen LogP contribution in [0.5, 0.6) is 0 Å². The van der Waals surface area contributed by atoms with Gasteiger partial charge in [0.15, 0.2) is 0 Å².